The zero-order valence-corrected chi connectivity index (χ0v) is 10.2. The van der Waals surface area contributed by atoms with E-state index < -0.39 is 0 Å². The van der Waals surface area contributed by atoms with E-state index in [1.54, 1.807) is 12.2 Å². The molecule has 1 atom stereocenters. The van der Waals surface area contributed by atoms with Gasteiger partial charge in [0.25, 0.3) is 0 Å². The summed E-state index contributed by atoms with van der Waals surface area (Å²) >= 11 is 0. The summed E-state index contributed by atoms with van der Waals surface area (Å²) < 4.78 is 0. The lowest BCUT2D eigenvalue weighted by Crippen LogP contribution is -2.08. The van der Waals surface area contributed by atoms with Crippen molar-refractivity contribution in [2.24, 2.45) is 5.73 Å². The second-order valence-electron chi connectivity index (χ2n) is 3.93. The second-order valence-corrected chi connectivity index (χ2v) is 3.93. The first-order valence-corrected chi connectivity index (χ1v) is 5.50. The van der Waals surface area contributed by atoms with Crippen molar-refractivity contribution in [3.8, 4) is 0 Å². The number of rotatable bonds is 4. The minimum Gasteiger partial charge on any atom is -0.402 e. The fourth-order valence-electron chi connectivity index (χ4n) is 1.53. The Balaban J connectivity index is 2.83. The molecule has 0 saturated carbocycles. The Bertz CT molecular complexity index is 432. The highest BCUT2D eigenvalue weighted by atomic mass is 16.1. The Morgan fingerprint density at radius 1 is 1.41 bits per heavy atom. The summed E-state index contributed by atoms with van der Waals surface area (Å²) in [5.41, 5.74) is 8.57. The van der Waals surface area contributed by atoms with Crippen LogP contribution in [-0.2, 0) is 4.79 Å². The van der Waals surface area contributed by atoms with Crippen molar-refractivity contribution >= 4 is 11.6 Å². The van der Waals surface area contributed by atoms with Crippen LogP contribution >= 0.6 is 0 Å². The van der Waals surface area contributed by atoms with Gasteiger partial charge in [-0.25, -0.2) is 0 Å². The van der Waals surface area contributed by atoms with Crippen molar-refractivity contribution < 1.29 is 4.79 Å². The molecule has 90 valence electrons. The number of nitrogens with one attached hydrogen (secondary N) is 1. The lowest BCUT2D eigenvalue weighted by molar-refractivity contribution is -0.114. The Morgan fingerprint density at radius 2 is 2.00 bits per heavy atom. The Kier molecular flexibility index (Phi) is 4.52. The van der Waals surface area contributed by atoms with Crippen LogP contribution in [0.25, 0.3) is 0 Å². The second kappa shape index (κ2) is 5.89. The summed E-state index contributed by atoms with van der Waals surface area (Å²) in [6, 6.07) is 7.66. The molecule has 0 aliphatic heterocycles. The topological polar surface area (TPSA) is 55.1 Å². The van der Waals surface area contributed by atoms with Gasteiger partial charge < -0.3 is 11.1 Å². The molecule has 0 fully saturated rings. The van der Waals surface area contributed by atoms with Crippen LogP contribution in [0.2, 0.25) is 0 Å². The minimum atomic E-state index is -0.0723. The molecule has 0 saturated heterocycles. The number of allylic oxidation sites excluding steroid dienone is 3. The van der Waals surface area contributed by atoms with Gasteiger partial charge in [-0.05, 0) is 23.8 Å². The number of hydrogen-bond donors (Lipinski definition) is 2. The van der Waals surface area contributed by atoms with Crippen molar-refractivity contribution in [3.63, 3.8) is 0 Å². The molecule has 0 bridgehead atoms. The van der Waals surface area contributed by atoms with Gasteiger partial charge in [0.05, 0.1) is 0 Å². The summed E-state index contributed by atoms with van der Waals surface area (Å²) in [5, 5.41) is 2.72. The van der Waals surface area contributed by atoms with Gasteiger partial charge in [-0.3, -0.25) is 4.79 Å². The van der Waals surface area contributed by atoms with Crippen LogP contribution in [0, 0.1) is 0 Å². The van der Waals surface area contributed by atoms with Gasteiger partial charge in [0.1, 0.15) is 0 Å². The lowest BCUT2D eigenvalue weighted by atomic mass is 9.97. The molecule has 0 aliphatic rings. The predicted molar refractivity (Wildman–Crippen MR) is 71.6 cm³/mol. The largest absolute Gasteiger partial charge is 0.402 e. The molecule has 1 aromatic rings. The van der Waals surface area contributed by atoms with Crippen molar-refractivity contribution in [2.45, 2.75) is 19.8 Å². The van der Waals surface area contributed by atoms with E-state index in [-0.39, 0.29) is 11.8 Å². The van der Waals surface area contributed by atoms with E-state index in [1.165, 1.54) is 6.92 Å². The van der Waals surface area contributed by atoms with Crippen LogP contribution < -0.4 is 11.1 Å². The summed E-state index contributed by atoms with van der Waals surface area (Å²) in [5.74, 6) is 0.0660. The molecule has 3 nitrogen and oxygen atoms in total. The van der Waals surface area contributed by atoms with E-state index in [4.69, 9.17) is 5.73 Å². The predicted octanol–water partition coefficient (Wildman–Crippen LogP) is 2.78. The lowest BCUT2D eigenvalue weighted by Gasteiger charge is -2.13. The number of carbonyl (C=O) groups excluding carboxylic acids is 1. The van der Waals surface area contributed by atoms with Gasteiger partial charge in [-0.1, -0.05) is 31.7 Å². The summed E-state index contributed by atoms with van der Waals surface area (Å²) in [6.45, 7) is 7.14. The normalized spacial score (nSPS) is 12.9. The van der Waals surface area contributed by atoms with Crippen LogP contribution in [0.4, 0.5) is 5.69 Å². The summed E-state index contributed by atoms with van der Waals surface area (Å²) in [4.78, 5) is 10.9. The number of amides is 1. The highest BCUT2D eigenvalue weighted by Crippen LogP contribution is 2.22. The summed E-state index contributed by atoms with van der Waals surface area (Å²) in [7, 11) is 0. The molecule has 0 radical (unpaired) electrons. The fourth-order valence-corrected chi connectivity index (χ4v) is 1.53. The van der Waals surface area contributed by atoms with E-state index in [9.17, 15) is 4.79 Å². The quantitative estimate of drug-likeness (QED) is 0.781. The zero-order valence-electron chi connectivity index (χ0n) is 10.2. The maximum atomic E-state index is 10.9. The minimum absolute atomic E-state index is 0.0723. The van der Waals surface area contributed by atoms with Crippen molar-refractivity contribution in [1.82, 2.24) is 0 Å². The summed E-state index contributed by atoms with van der Waals surface area (Å²) in [6.07, 6.45) is 3.48. The van der Waals surface area contributed by atoms with Crippen LogP contribution in [0.15, 0.2) is 48.7 Å². The maximum absolute atomic E-state index is 10.9. The number of carbonyl (C=O) groups is 1. The maximum Gasteiger partial charge on any atom is 0.221 e. The average Bonchev–Trinajstić information content (AvgIpc) is 2.28. The number of anilines is 1. The van der Waals surface area contributed by atoms with Crippen molar-refractivity contribution in [3.05, 3.63) is 54.3 Å². The van der Waals surface area contributed by atoms with E-state index in [1.807, 2.05) is 31.2 Å². The smallest absolute Gasteiger partial charge is 0.221 e. The van der Waals surface area contributed by atoms with E-state index in [0.717, 1.165) is 16.9 Å². The van der Waals surface area contributed by atoms with E-state index in [0.29, 0.717) is 0 Å². The standard InChI is InChI=1S/C14H18N2O/c1-4-5-14(15)10(2)12-6-8-13(9-7-12)16-11(3)17/h4-10H,1,15H2,2-3H3,(H,16,17)/b14-5-. The van der Waals surface area contributed by atoms with Gasteiger partial charge in [0.15, 0.2) is 0 Å². The number of hydrogen-bond acceptors (Lipinski definition) is 2. The number of benzene rings is 1. The first-order chi connectivity index (χ1) is 8.04. The van der Waals surface area contributed by atoms with Crippen molar-refractivity contribution in [2.75, 3.05) is 5.32 Å². The van der Waals surface area contributed by atoms with E-state index in [2.05, 4.69) is 11.9 Å². The van der Waals surface area contributed by atoms with Gasteiger partial charge >= 0.3 is 0 Å². The third kappa shape index (κ3) is 3.79. The molecule has 1 aromatic carbocycles. The molecule has 3 heteroatoms. The molecule has 1 unspecified atom stereocenters. The van der Waals surface area contributed by atoms with Gasteiger partial charge in [-0.15, -0.1) is 0 Å². The van der Waals surface area contributed by atoms with Crippen LogP contribution in [0.3, 0.4) is 0 Å². The monoisotopic (exact) mass is 230 g/mol. The molecule has 3 N–H and O–H groups in total. The number of nitrogens with two attached hydrogens (primary N) is 1. The molecule has 0 aliphatic carbocycles. The highest BCUT2D eigenvalue weighted by molar-refractivity contribution is 5.88. The van der Waals surface area contributed by atoms with Crippen molar-refractivity contribution in [1.29, 1.82) is 0 Å². The third-order valence-corrected chi connectivity index (χ3v) is 2.54. The van der Waals surface area contributed by atoms with Gasteiger partial charge in [0, 0.05) is 24.2 Å². The Labute approximate surface area is 102 Å². The van der Waals surface area contributed by atoms with Crippen LogP contribution in [-0.4, -0.2) is 5.91 Å². The average molecular weight is 230 g/mol. The molecule has 1 amide bonds. The molecule has 0 spiro atoms. The molecule has 0 heterocycles. The van der Waals surface area contributed by atoms with Gasteiger partial charge in [-0.2, -0.15) is 0 Å². The molecule has 17 heavy (non-hydrogen) atoms. The first-order valence-electron chi connectivity index (χ1n) is 5.50. The third-order valence-electron chi connectivity index (χ3n) is 2.54. The SMILES string of the molecule is C=C/C=C(\N)C(C)c1ccc(NC(C)=O)cc1. The van der Waals surface area contributed by atoms with Gasteiger partial charge in [0.2, 0.25) is 5.91 Å². The molecule has 1 rings (SSSR count). The highest BCUT2D eigenvalue weighted by Gasteiger charge is 2.07. The van der Waals surface area contributed by atoms with E-state index >= 15 is 0 Å². The molecular weight excluding hydrogens is 212 g/mol. The Hall–Kier alpha value is -2.03. The zero-order chi connectivity index (χ0) is 12.8. The first kappa shape index (κ1) is 13.0. The molecular formula is C14H18N2O. The Morgan fingerprint density at radius 3 is 2.47 bits per heavy atom. The molecule has 0 aromatic heterocycles. The fraction of sp³-hybridized carbons (Fsp3) is 0.214. The van der Waals surface area contributed by atoms with Crippen LogP contribution in [0.1, 0.15) is 25.3 Å². The van der Waals surface area contributed by atoms with Crippen LogP contribution in [0.5, 0.6) is 0 Å².